The first-order valence-electron chi connectivity index (χ1n) is 8.86. The topological polar surface area (TPSA) is 65.9 Å². The van der Waals surface area contributed by atoms with Gasteiger partial charge in [0, 0.05) is 11.4 Å². The molecule has 1 aromatic heterocycles. The van der Waals surface area contributed by atoms with Crippen LogP contribution in [0.1, 0.15) is 30.3 Å². The predicted molar refractivity (Wildman–Crippen MR) is 105 cm³/mol. The number of guanidine groups is 1. The van der Waals surface area contributed by atoms with Crippen LogP contribution in [0.2, 0.25) is 0 Å². The van der Waals surface area contributed by atoms with Crippen LogP contribution in [0.3, 0.4) is 0 Å². The summed E-state index contributed by atoms with van der Waals surface area (Å²) in [7, 11) is 0. The van der Waals surface area contributed by atoms with Gasteiger partial charge in [-0.05, 0) is 49.6 Å². The number of alkyl halides is 3. The summed E-state index contributed by atoms with van der Waals surface area (Å²) in [6.07, 6.45) is -5.28. The highest BCUT2D eigenvalue weighted by molar-refractivity contribution is 7.10. The van der Waals surface area contributed by atoms with Crippen molar-refractivity contribution in [3.8, 4) is 5.75 Å². The van der Waals surface area contributed by atoms with E-state index in [0.29, 0.717) is 12.5 Å². The summed E-state index contributed by atoms with van der Waals surface area (Å²) in [5.74, 6) is 0.823. The van der Waals surface area contributed by atoms with Gasteiger partial charge in [-0.2, -0.15) is 13.2 Å². The summed E-state index contributed by atoms with van der Waals surface area (Å²) < 4.78 is 43.0. The van der Waals surface area contributed by atoms with Crippen molar-refractivity contribution < 1.29 is 23.0 Å². The Labute approximate surface area is 166 Å². The van der Waals surface area contributed by atoms with E-state index in [1.165, 1.54) is 12.1 Å². The third-order valence-electron chi connectivity index (χ3n) is 3.75. The van der Waals surface area contributed by atoms with Crippen molar-refractivity contribution in [3.05, 3.63) is 52.2 Å². The normalized spacial score (nSPS) is 14.4. The van der Waals surface area contributed by atoms with Crippen molar-refractivity contribution in [3.63, 3.8) is 0 Å². The smallest absolute Gasteiger partial charge is 0.416 e. The summed E-state index contributed by atoms with van der Waals surface area (Å²) in [5.41, 5.74) is -0.744. The second-order valence-electron chi connectivity index (χ2n) is 6.09. The molecule has 1 aromatic carbocycles. The Kier molecular flexibility index (Phi) is 8.13. The first-order valence-corrected chi connectivity index (χ1v) is 9.74. The molecule has 2 aromatic rings. The van der Waals surface area contributed by atoms with Gasteiger partial charge >= 0.3 is 6.18 Å². The van der Waals surface area contributed by atoms with Gasteiger partial charge < -0.3 is 20.5 Å². The Morgan fingerprint density at radius 3 is 2.54 bits per heavy atom. The predicted octanol–water partition coefficient (Wildman–Crippen LogP) is 3.82. The molecule has 0 amide bonds. The lowest BCUT2D eigenvalue weighted by atomic mass is 10.2. The number of nitrogens with zero attached hydrogens (tertiary/aromatic N) is 1. The van der Waals surface area contributed by atoms with E-state index in [-0.39, 0.29) is 24.9 Å². The largest absolute Gasteiger partial charge is 0.491 e. The first-order chi connectivity index (χ1) is 13.3. The maximum atomic E-state index is 12.5. The Morgan fingerprint density at radius 2 is 1.96 bits per heavy atom. The van der Waals surface area contributed by atoms with Crippen molar-refractivity contribution in [2.75, 3.05) is 19.7 Å². The maximum Gasteiger partial charge on any atom is 0.416 e. The number of aliphatic hydroxyl groups excluding tert-OH is 1. The Hall–Kier alpha value is -2.26. The molecule has 0 aliphatic heterocycles. The fourth-order valence-corrected chi connectivity index (χ4v) is 3.05. The molecule has 0 bridgehead atoms. The van der Waals surface area contributed by atoms with Crippen molar-refractivity contribution in [2.24, 2.45) is 4.99 Å². The Bertz CT molecular complexity index is 734. The molecular formula is C19H24F3N3O2S. The monoisotopic (exact) mass is 415 g/mol. The fourth-order valence-electron chi connectivity index (χ4n) is 2.32. The molecule has 0 radical (unpaired) electrons. The Morgan fingerprint density at radius 1 is 1.25 bits per heavy atom. The van der Waals surface area contributed by atoms with E-state index < -0.39 is 17.8 Å². The zero-order valence-electron chi connectivity index (χ0n) is 15.7. The number of nitrogens with one attached hydrogen (secondary N) is 2. The van der Waals surface area contributed by atoms with Gasteiger partial charge in [-0.15, -0.1) is 11.3 Å². The summed E-state index contributed by atoms with van der Waals surface area (Å²) >= 11 is 1.64. The zero-order valence-corrected chi connectivity index (χ0v) is 16.5. The van der Waals surface area contributed by atoms with Crippen molar-refractivity contribution >= 4 is 17.3 Å². The van der Waals surface area contributed by atoms with E-state index in [4.69, 9.17) is 4.74 Å². The van der Waals surface area contributed by atoms with Crippen LogP contribution in [0.5, 0.6) is 5.75 Å². The standard InChI is InChI=1S/C19H24F3N3O2S/c1-3-23-18(25-13(2)17-5-4-10-28-17)24-11-15(26)12-27-16-8-6-14(7-9-16)19(20,21)22/h4-10,13,15,26H,3,11-12H2,1-2H3,(H2,23,24,25). The van der Waals surface area contributed by atoms with Gasteiger partial charge in [0.25, 0.3) is 0 Å². The van der Waals surface area contributed by atoms with Crippen molar-refractivity contribution in [1.29, 1.82) is 0 Å². The van der Waals surface area contributed by atoms with E-state index in [1.54, 1.807) is 11.3 Å². The van der Waals surface area contributed by atoms with Crippen LogP contribution >= 0.6 is 11.3 Å². The van der Waals surface area contributed by atoms with Crippen molar-refractivity contribution in [2.45, 2.75) is 32.2 Å². The SMILES string of the molecule is CCNC(=NCC(O)COc1ccc(C(F)(F)F)cc1)NC(C)c1cccs1. The molecule has 1 heterocycles. The molecule has 28 heavy (non-hydrogen) atoms. The van der Waals surface area contributed by atoms with Crippen LogP contribution in [-0.2, 0) is 6.18 Å². The number of halogens is 3. The van der Waals surface area contributed by atoms with Gasteiger partial charge in [0.1, 0.15) is 18.5 Å². The molecule has 5 nitrogen and oxygen atoms in total. The van der Waals surface area contributed by atoms with Crippen LogP contribution in [0.4, 0.5) is 13.2 Å². The molecule has 0 saturated carbocycles. The number of aliphatic imine (C=N–C) groups is 1. The lowest BCUT2D eigenvalue weighted by Gasteiger charge is -2.17. The lowest BCUT2D eigenvalue weighted by Crippen LogP contribution is -2.39. The molecule has 9 heteroatoms. The highest BCUT2D eigenvalue weighted by Crippen LogP contribution is 2.30. The summed E-state index contributed by atoms with van der Waals surface area (Å²) in [4.78, 5) is 5.51. The summed E-state index contributed by atoms with van der Waals surface area (Å²) in [6.45, 7) is 4.64. The number of hydrogen-bond acceptors (Lipinski definition) is 4. The van der Waals surface area contributed by atoms with E-state index in [0.717, 1.165) is 17.0 Å². The number of ether oxygens (including phenoxy) is 1. The molecule has 3 N–H and O–H groups in total. The minimum Gasteiger partial charge on any atom is -0.491 e. The highest BCUT2D eigenvalue weighted by atomic mass is 32.1. The Balaban J connectivity index is 1.84. The number of aliphatic hydroxyl groups is 1. The quantitative estimate of drug-likeness (QED) is 0.453. The molecule has 2 rings (SSSR count). The van der Waals surface area contributed by atoms with Gasteiger partial charge in [0.15, 0.2) is 5.96 Å². The van der Waals surface area contributed by atoms with Crippen molar-refractivity contribution in [1.82, 2.24) is 10.6 Å². The molecule has 0 aliphatic rings. The number of benzene rings is 1. The lowest BCUT2D eigenvalue weighted by molar-refractivity contribution is -0.137. The van der Waals surface area contributed by atoms with Crippen LogP contribution in [0, 0.1) is 0 Å². The maximum absolute atomic E-state index is 12.5. The molecule has 2 unspecified atom stereocenters. The zero-order chi connectivity index (χ0) is 20.6. The second-order valence-corrected chi connectivity index (χ2v) is 7.07. The third-order valence-corrected chi connectivity index (χ3v) is 4.81. The molecular weight excluding hydrogens is 391 g/mol. The molecule has 2 atom stereocenters. The van der Waals surface area contributed by atoms with Gasteiger partial charge in [-0.25, -0.2) is 0 Å². The van der Waals surface area contributed by atoms with E-state index in [1.807, 2.05) is 31.4 Å². The molecule has 154 valence electrons. The van der Waals surface area contributed by atoms with E-state index in [2.05, 4.69) is 15.6 Å². The van der Waals surface area contributed by atoms with Gasteiger partial charge in [0.05, 0.1) is 18.2 Å². The van der Waals surface area contributed by atoms with Gasteiger partial charge in [-0.1, -0.05) is 6.07 Å². The first kappa shape index (κ1) is 22.0. The number of thiophene rings is 1. The molecule has 0 fully saturated rings. The van der Waals surface area contributed by atoms with Crippen LogP contribution in [0.15, 0.2) is 46.8 Å². The highest BCUT2D eigenvalue weighted by Gasteiger charge is 2.30. The van der Waals surface area contributed by atoms with Crippen LogP contribution in [-0.4, -0.2) is 36.9 Å². The average Bonchev–Trinajstić information content (AvgIpc) is 3.19. The average molecular weight is 415 g/mol. The summed E-state index contributed by atoms with van der Waals surface area (Å²) in [5, 5.41) is 18.4. The molecule has 0 saturated heterocycles. The van der Waals surface area contributed by atoms with Gasteiger partial charge in [0.2, 0.25) is 0 Å². The van der Waals surface area contributed by atoms with Crippen LogP contribution < -0.4 is 15.4 Å². The number of rotatable bonds is 8. The minimum absolute atomic E-state index is 0.0679. The molecule has 0 aliphatic carbocycles. The third kappa shape index (κ3) is 7.05. The molecule has 0 spiro atoms. The van der Waals surface area contributed by atoms with E-state index in [9.17, 15) is 18.3 Å². The fraction of sp³-hybridized carbons (Fsp3) is 0.421. The number of hydrogen-bond donors (Lipinski definition) is 3. The second kappa shape index (κ2) is 10.3. The van der Waals surface area contributed by atoms with Crippen LogP contribution in [0.25, 0.3) is 0 Å². The summed E-state index contributed by atoms with van der Waals surface area (Å²) in [6, 6.07) is 8.42. The van der Waals surface area contributed by atoms with Gasteiger partial charge in [-0.3, -0.25) is 4.99 Å². The minimum atomic E-state index is -4.39. The van der Waals surface area contributed by atoms with E-state index >= 15 is 0 Å².